The second-order valence-electron chi connectivity index (χ2n) is 9.52. The molecule has 0 spiro atoms. The number of hydrogen-bond donors (Lipinski definition) is 2. The molecule has 0 aromatic carbocycles. The van der Waals surface area contributed by atoms with Crippen molar-refractivity contribution >= 4 is 31.5 Å². The van der Waals surface area contributed by atoms with Crippen LogP contribution in [0.2, 0.25) is 0 Å². The van der Waals surface area contributed by atoms with Gasteiger partial charge in [-0.15, -0.1) is 0 Å². The van der Waals surface area contributed by atoms with Gasteiger partial charge in [0.25, 0.3) is 14.1 Å². The van der Waals surface area contributed by atoms with Gasteiger partial charge in [0, 0.05) is 18.0 Å². The van der Waals surface area contributed by atoms with Crippen molar-refractivity contribution in [3.05, 3.63) is 16.7 Å². The number of imidazole rings is 1. The summed E-state index contributed by atoms with van der Waals surface area (Å²) in [6.07, 6.45) is 2.71. The highest BCUT2D eigenvalue weighted by Gasteiger charge is 2.32. The number of aromatic nitrogens is 4. The van der Waals surface area contributed by atoms with E-state index < -0.39 is 14.1 Å². The van der Waals surface area contributed by atoms with Gasteiger partial charge in [-0.25, -0.2) is 9.65 Å². The van der Waals surface area contributed by atoms with Gasteiger partial charge in [-0.2, -0.15) is 10.2 Å². The van der Waals surface area contributed by atoms with E-state index >= 15 is 0 Å². The minimum atomic E-state index is -1.36. The van der Waals surface area contributed by atoms with Gasteiger partial charge in [-0.3, -0.25) is 24.5 Å². The average Bonchev–Trinajstić information content (AvgIpc) is 3.44. The molecule has 13 heteroatoms. The van der Waals surface area contributed by atoms with E-state index in [1.54, 1.807) is 18.4 Å². The lowest BCUT2D eigenvalue weighted by molar-refractivity contribution is -0.118. The van der Waals surface area contributed by atoms with Crippen molar-refractivity contribution in [1.82, 2.24) is 24.2 Å². The normalized spacial score (nSPS) is 19.0. The van der Waals surface area contributed by atoms with Crippen LogP contribution < -0.4 is 10.9 Å². The standard InChI is InChI=1S/C23H36N7O5P/c1-14(2)21(31)27-23-26-20-19(22(32)28-23)25-13-29(20)18-9-8-17(35-18)12-34-36(33-11-7-10-24)30(15(3)4)16(5)6/h13-18H,7-9,11-12H2,1-6H3,(H2,26,27,28,31,32)/t17-,18+,36?/m0/s1. The largest absolute Gasteiger partial charge is 0.352 e. The summed E-state index contributed by atoms with van der Waals surface area (Å²) in [6, 6.07) is 2.52. The van der Waals surface area contributed by atoms with Crippen LogP contribution in [0.3, 0.4) is 0 Å². The lowest BCUT2D eigenvalue weighted by atomic mass is 10.2. The molecule has 1 unspecified atom stereocenters. The maximum atomic E-state index is 12.5. The maximum absolute atomic E-state index is 12.5. The molecule has 1 fully saturated rings. The lowest BCUT2D eigenvalue weighted by Gasteiger charge is -2.36. The summed E-state index contributed by atoms with van der Waals surface area (Å²) in [5.41, 5.74) is 0.0929. The van der Waals surface area contributed by atoms with Crippen LogP contribution in [0.15, 0.2) is 11.1 Å². The quantitative estimate of drug-likeness (QED) is 0.315. The molecule has 1 amide bonds. The number of H-pyrrole nitrogens is 1. The summed E-state index contributed by atoms with van der Waals surface area (Å²) >= 11 is 0. The van der Waals surface area contributed by atoms with E-state index in [1.807, 2.05) is 0 Å². The van der Waals surface area contributed by atoms with Gasteiger partial charge in [-0.1, -0.05) is 13.8 Å². The third kappa shape index (κ3) is 6.87. The zero-order valence-electron chi connectivity index (χ0n) is 21.7. The number of nitrogens with one attached hydrogen (secondary N) is 2. The van der Waals surface area contributed by atoms with Crippen molar-refractivity contribution in [3.8, 4) is 6.07 Å². The van der Waals surface area contributed by atoms with E-state index in [-0.39, 0.29) is 47.7 Å². The van der Waals surface area contributed by atoms with Crippen LogP contribution in [0.25, 0.3) is 11.2 Å². The smallest absolute Gasteiger partial charge is 0.280 e. The zero-order valence-corrected chi connectivity index (χ0v) is 22.6. The molecule has 3 rings (SSSR count). The number of ether oxygens (including phenoxy) is 1. The molecule has 0 saturated carbocycles. The van der Waals surface area contributed by atoms with Crippen molar-refractivity contribution in [3.63, 3.8) is 0 Å². The molecule has 36 heavy (non-hydrogen) atoms. The molecule has 1 aliphatic heterocycles. The number of rotatable bonds is 12. The van der Waals surface area contributed by atoms with Gasteiger partial charge in [0.15, 0.2) is 11.2 Å². The maximum Gasteiger partial charge on any atom is 0.280 e. The van der Waals surface area contributed by atoms with Crippen molar-refractivity contribution < 1.29 is 18.6 Å². The van der Waals surface area contributed by atoms with Gasteiger partial charge >= 0.3 is 0 Å². The first-order valence-electron chi connectivity index (χ1n) is 12.3. The second-order valence-corrected chi connectivity index (χ2v) is 11.0. The van der Waals surface area contributed by atoms with Gasteiger partial charge < -0.3 is 13.8 Å². The van der Waals surface area contributed by atoms with Crippen LogP contribution in [0, 0.1) is 17.2 Å². The third-order valence-corrected chi connectivity index (χ3v) is 7.70. The Bertz CT molecular complexity index is 1120. The minimum absolute atomic E-state index is 0.0773. The number of carbonyl (C=O) groups excluding carboxylic acids is 1. The second kappa shape index (κ2) is 12.7. The van der Waals surface area contributed by atoms with Crippen molar-refractivity contribution in [2.45, 2.75) is 85.2 Å². The van der Waals surface area contributed by atoms with E-state index in [4.69, 9.17) is 19.0 Å². The SMILES string of the molecule is CC(C)C(=O)Nc1nc2c(ncn2[C@H]2CC[C@@H](COP(OCCC#N)N(C(C)C)C(C)C)O2)c(=O)[nH]1. The molecule has 0 radical (unpaired) electrons. The van der Waals surface area contributed by atoms with E-state index in [2.05, 4.69) is 58.7 Å². The fraction of sp³-hybridized carbons (Fsp3) is 0.696. The van der Waals surface area contributed by atoms with Crippen LogP contribution in [0.5, 0.6) is 0 Å². The molecule has 1 aliphatic rings. The van der Waals surface area contributed by atoms with Crippen molar-refractivity contribution in [2.75, 3.05) is 18.5 Å². The molecule has 12 nitrogen and oxygen atoms in total. The molecule has 0 bridgehead atoms. The summed E-state index contributed by atoms with van der Waals surface area (Å²) in [4.78, 5) is 35.7. The Kier molecular flexibility index (Phi) is 9.93. The number of nitriles is 1. The van der Waals surface area contributed by atoms with Crippen molar-refractivity contribution in [1.29, 1.82) is 5.26 Å². The van der Waals surface area contributed by atoms with Crippen LogP contribution in [-0.2, 0) is 18.6 Å². The summed E-state index contributed by atoms with van der Waals surface area (Å²) < 4.78 is 22.3. The van der Waals surface area contributed by atoms with E-state index in [1.165, 1.54) is 6.33 Å². The Morgan fingerprint density at radius 3 is 2.67 bits per heavy atom. The number of anilines is 1. The fourth-order valence-corrected chi connectivity index (χ4v) is 5.57. The number of hydrogen-bond acceptors (Lipinski definition) is 9. The fourth-order valence-electron chi connectivity index (χ4n) is 3.93. The van der Waals surface area contributed by atoms with Crippen LogP contribution in [0.4, 0.5) is 5.95 Å². The molecule has 2 N–H and O–H groups in total. The van der Waals surface area contributed by atoms with Gasteiger partial charge in [0.1, 0.15) is 6.23 Å². The molecular formula is C23H36N7O5P. The topological polar surface area (TPSA) is 147 Å². The number of amides is 1. The van der Waals surface area contributed by atoms with Gasteiger partial charge in [-0.05, 0) is 40.5 Å². The first-order chi connectivity index (χ1) is 17.1. The highest BCUT2D eigenvalue weighted by atomic mass is 31.2. The lowest BCUT2D eigenvalue weighted by Crippen LogP contribution is -2.34. The summed E-state index contributed by atoms with van der Waals surface area (Å²) in [5, 5.41) is 11.5. The Labute approximate surface area is 212 Å². The summed E-state index contributed by atoms with van der Waals surface area (Å²) in [5.74, 6) is -0.428. The molecular weight excluding hydrogens is 485 g/mol. The van der Waals surface area contributed by atoms with Crippen LogP contribution in [0.1, 0.15) is 67.0 Å². The number of carbonyl (C=O) groups is 1. The van der Waals surface area contributed by atoms with E-state index in [0.717, 1.165) is 6.42 Å². The Morgan fingerprint density at radius 2 is 2.03 bits per heavy atom. The van der Waals surface area contributed by atoms with E-state index in [9.17, 15) is 9.59 Å². The van der Waals surface area contributed by atoms with Crippen LogP contribution >= 0.6 is 8.53 Å². The highest BCUT2D eigenvalue weighted by molar-refractivity contribution is 7.44. The molecule has 2 aromatic heterocycles. The monoisotopic (exact) mass is 521 g/mol. The Hall–Kier alpha value is -2.42. The first-order valence-corrected chi connectivity index (χ1v) is 13.4. The van der Waals surface area contributed by atoms with Crippen LogP contribution in [-0.4, -0.2) is 61.5 Å². The number of fused-ring (bicyclic) bond motifs is 1. The number of aromatic amines is 1. The van der Waals surface area contributed by atoms with E-state index in [0.29, 0.717) is 31.7 Å². The average molecular weight is 522 g/mol. The Balaban J connectivity index is 1.70. The third-order valence-electron chi connectivity index (χ3n) is 5.63. The predicted molar refractivity (Wildman–Crippen MR) is 136 cm³/mol. The predicted octanol–water partition coefficient (Wildman–Crippen LogP) is 3.68. The zero-order chi connectivity index (χ0) is 26.4. The molecule has 3 atom stereocenters. The molecule has 1 saturated heterocycles. The molecule has 3 heterocycles. The molecule has 2 aromatic rings. The van der Waals surface area contributed by atoms with Crippen molar-refractivity contribution in [2.24, 2.45) is 5.92 Å². The Morgan fingerprint density at radius 1 is 1.31 bits per heavy atom. The summed E-state index contributed by atoms with van der Waals surface area (Å²) in [7, 11) is -1.36. The van der Waals surface area contributed by atoms with Gasteiger partial charge in [0.05, 0.1) is 38.1 Å². The molecule has 198 valence electrons. The number of nitrogens with zero attached hydrogens (tertiary/aromatic N) is 5. The summed E-state index contributed by atoms with van der Waals surface area (Å²) in [6.45, 7) is 12.5. The molecule has 0 aliphatic carbocycles. The minimum Gasteiger partial charge on any atom is -0.352 e. The van der Waals surface area contributed by atoms with Gasteiger partial charge in [0.2, 0.25) is 11.9 Å². The highest BCUT2D eigenvalue weighted by Crippen LogP contribution is 2.46. The first kappa shape index (κ1) is 28.2.